The summed E-state index contributed by atoms with van der Waals surface area (Å²) in [4.78, 5) is 0. The summed E-state index contributed by atoms with van der Waals surface area (Å²) in [5.74, 6) is 0.907. The molecule has 0 aliphatic rings. The Kier molecular flexibility index (Phi) is 3.72. The van der Waals surface area contributed by atoms with Crippen molar-refractivity contribution in [2.24, 2.45) is 5.73 Å². The first-order chi connectivity index (χ1) is 9.75. The van der Waals surface area contributed by atoms with Gasteiger partial charge in [-0.2, -0.15) is 11.3 Å². The maximum Gasteiger partial charge on any atom is 0.132 e. The summed E-state index contributed by atoms with van der Waals surface area (Å²) < 4.78 is 6.08. The molecule has 0 saturated heterocycles. The number of thiophene rings is 1. The van der Waals surface area contributed by atoms with E-state index >= 15 is 0 Å². The summed E-state index contributed by atoms with van der Waals surface area (Å²) in [5, 5.41) is 6.47. The van der Waals surface area contributed by atoms with E-state index in [4.69, 9.17) is 10.5 Å². The summed E-state index contributed by atoms with van der Waals surface area (Å²) in [6.07, 6.45) is 0. The molecule has 0 bridgehead atoms. The second kappa shape index (κ2) is 5.65. The van der Waals surface area contributed by atoms with Gasteiger partial charge in [0.15, 0.2) is 0 Å². The number of rotatable bonds is 4. The van der Waals surface area contributed by atoms with Crippen LogP contribution in [-0.4, -0.2) is 0 Å². The van der Waals surface area contributed by atoms with E-state index in [0.29, 0.717) is 6.61 Å². The smallest absolute Gasteiger partial charge is 0.132 e. The van der Waals surface area contributed by atoms with E-state index in [1.165, 1.54) is 10.9 Å². The fourth-order valence-corrected chi connectivity index (χ4v) is 2.96. The summed E-state index contributed by atoms with van der Waals surface area (Å²) in [6, 6.07) is 14.5. The first kappa shape index (κ1) is 13.2. The molecule has 20 heavy (non-hydrogen) atoms. The van der Waals surface area contributed by atoms with Crippen molar-refractivity contribution in [2.75, 3.05) is 0 Å². The molecule has 0 unspecified atom stereocenters. The molecule has 1 atom stereocenters. The van der Waals surface area contributed by atoms with Gasteiger partial charge >= 0.3 is 0 Å². The maximum absolute atomic E-state index is 6.08. The Bertz CT molecular complexity index is 704. The van der Waals surface area contributed by atoms with Gasteiger partial charge in [-0.15, -0.1) is 0 Å². The minimum atomic E-state index is -0.0444. The zero-order chi connectivity index (χ0) is 13.9. The molecule has 0 aliphatic carbocycles. The molecular formula is C17H17NOS. The molecule has 1 heterocycles. The lowest BCUT2D eigenvalue weighted by molar-refractivity contribution is 0.306. The molecule has 0 saturated carbocycles. The molecule has 3 aromatic rings. The van der Waals surface area contributed by atoms with E-state index in [1.54, 1.807) is 11.3 Å². The molecule has 3 heteroatoms. The lowest BCUT2D eigenvalue weighted by Crippen LogP contribution is -2.08. The SMILES string of the molecule is C[C@H](N)c1ccc2ccccc2c1OCc1ccsc1. The Balaban J connectivity index is 2.03. The number of hydrogen-bond acceptors (Lipinski definition) is 3. The summed E-state index contributed by atoms with van der Waals surface area (Å²) in [6.45, 7) is 2.57. The zero-order valence-electron chi connectivity index (χ0n) is 11.4. The molecule has 0 aliphatic heterocycles. The Labute approximate surface area is 122 Å². The third-order valence-corrected chi connectivity index (χ3v) is 4.10. The largest absolute Gasteiger partial charge is 0.488 e. The van der Waals surface area contributed by atoms with Gasteiger partial charge in [-0.05, 0) is 34.7 Å². The first-order valence-electron chi connectivity index (χ1n) is 6.67. The Morgan fingerprint density at radius 3 is 2.75 bits per heavy atom. The van der Waals surface area contributed by atoms with Gasteiger partial charge in [-0.25, -0.2) is 0 Å². The highest BCUT2D eigenvalue weighted by Gasteiger charge is 2.12. The van der Waals surface area contributed by atoms with Crippen LogP contribution in [0, 0.1) is 0 Å². The number of fused-ring (bicyclic) bond motifs is 1. The Morgan fingerprint density at radius 2 is 2.00 bits per heavy atom. The molecule has 102 valence electrons. The highest BCUT2D eigenvalue weighted by Crippen LogP contribution is 2.33. The lowest BCUT2D eigenvalue weighted by Gasteiger charge is -2.16. The number of hydrogen-bond donors (Lipinski definition) is 1. The van der Waals surface area contributed by atoms with Gasteiger partial charge in [0.2, 0.25) is 0 Å². The molecule has 0 radical (unpaired) electrons. The van der Waals surface area contributed by atoms with Crippen LogP contribution in [0.1, 0.15) is 24.1 Å². The molecule has 0 amide bonds. The topological polar surface area (TPSA) is 35.2 Å². The van der Waals surface area contributed by atoms with Crippen LogP contribution >= 0.6 is 11.3 Å². The summed E-state index contributed by atoms with van der Waals surface area (Å²) in [5.41, 5.74) is 8.32. The van der Waals surface area contributed by atoms with E-state index in [9.17, 15) is 0 Å². The second-order valence-electron chi connectivity index (χ2n) is 4.91. The predicted molar refractivity (Wildman–Crippen MR) is 85.2 cm³/mol. The van der Waals surface area contributed by atoms with Crippen molar-refractivity contribution < 1.29 is 4.74 Å². The third-order valence-electron chi connectivity index (χ3n) is 3.36. The molecule has 0 fully saturated rings. The first-order valence-corrected chi connectivity index (χ1v) is 7.61. The quantitative estimate of drug-likeness (QED) is 0.765. The van der Waals surface area contributed by atoms with Crippen molar-refractivity contribution in [1.29, 1.82) is 0 Å². The normalized spacial score (nSPS) is 12.5. The fourth-order valence-electron chi connectivity index (χ4n) is 2.31. The van der Waals surface area contributed by atoms with E-state index in [1.807, 2.05) is 19.1 Å². The number of nitrogens with two attached hydrogens (primary N) is 1. The van der Waals surface area contributed by atoms with Crippen LogP contribution in [0.15, 0.2) is 53.2 Å². The van der Waals surface area contributed by atoms with Crippen molar-refractivity contribution in [2.45, 2.75) is 19.6 Å². The monoisotopic (exact) mass is 283 g/mol. The molecule has 2 aromatic carbocycles. The highest BCUT2D eigenvalue weighted by molar-refractivity contribution is 7.07. The number of benzene rings is 2. The van der Waals surface area contributed by atoms with Crippen LogP contribution in [0.5, 0.6) is 5.75 Å². The van der Waals surface area contributed by atoms with Gasteiger partial charge < -0.3 is 10.5 Å². The molecule has 2 nitrogen and oxygen atoms in total. The Morgan fingerprint density at radius 1 is 1.15 bits per heavy atom. The third kappa shape index (κ3) is 2.55. The van der Waals surface area contributed by atoms with Gasteiger partial charge in [-0.3, -0.25) is 0 Å². The van der Waals surface area contributed by atoms with Crippen LogP contribution in [0.4, 0.5) is 0 Å². The van der Waals surface area contributed by atoms with Crippen molar-refractivity contribution >= 4 is 22.1 Å². The molecular weight excluding hydrogens is 266 g/mol. The second-order valence-corrected chi connectivity index (χ2v) is 5.69. The van der Waals surface area contributed by atoms with Crippen LogP contribution in [0.3, 0.4) is 0 Å². The van der Waals surface area contributed by atoms with Crippen LogP contribution in [0.25, 0.3) is 10.8 Å². The lowest BCUT2D eigenvalue weighted by atomic mass is 10.0. The van der Waals surface area contributed by atoms with Gasteiger partial charge in [0.05, 0.1) is 0 Å². The summed E-state index contributed by atoms with van der Waals surface area (Å²) >= 11 is 1.68. The van der Waals surface area contributed by atoms with Crippen molar-refractivity contribution in [3.63, 3.8) is 0 Å². The van der Waals surface area contributed by atoms with Crippen molar-refractivity contribution in [1.82, 2.24) is 0 Å². The fraction of sp³-hybridized carbons (Fsp3) is 0.176. The molecule has 2 N–H and O–H groups in total. The average Bonchev–Trinajstić information content (AvgIpc) is 2.97. The minimum Gasteiger partial charge on any atom is -0.488 e. The van der Waals surface area contributed by atoms with E-state index in [2.05, 4.69) is 41.1 Å². The minimum absolute atomic E-state index is 0.0444. The van der Waals surface area contributed by atoms with Crippen LogP contribution < -0.4 is 10.5 Å². The van der Waals surface area contributed by atoms with Gasteiger partial charge in [-0.1, -0.05) is 36.4 Å². The average molecular weight is 283 g/mol. The van der Waals surface area contributed by atoms with Crippen LogP contribution in [0.2, 0.25) is 0 Å². The van der Waals surface area contributed by atoms with Gasteiger partial charge in [0.25, 0.3) is 0 Å². The van der Waals surface area contributed by atoms with Gasteiger partial charge in [0, 0.05) is 17.0 Å². The number of ether oxygens (including phenoxy) is 1. The zero-order valence-corrected chi connectivity index (χ0v) is 12.2. The predicted octanol–water partition coefficient (Wildman–Crippen LogP) is 4.50. The van der Waals surface area contributed by atoms with Crippen molar-refractivity contribution in [3.8, 4) is 5.75 Å². The van der Waals surface area contributed by atoms with Gasteiger partial charge in [0.1, 0.15) is 12.4 Å². The maximum atomic E-state index is 6.08. The van der Waals surface area contributed by atoms with Crippen LogP contribution in [-0.2, 0) is 6.61 Å². The van der Waals surface area contributed by atoms with E-state index in [0.717, 1.165) is 16.7 Å². The van der Waals surface area contributed by atoms with E-state index in [-0.39, 0.29) is 6.04 Å². The molecule has 0 spiro atoms. The molecule has 3 rings (SSSR count). The Hall–Kier alpha value is -1.84. The highest BCUT2D eigenvalue weighted by atomic mass is 32.1. The van der Waals surface area contributed by atoms with E-state index < -0.39 is 0 Å². The standard InChI is InChI=1S/C17H17NOS/c1-12(18)15-7-6-14-4-2-3-5-16(14)17(15)19-10-13-8-9-20-11-13/h2-9,11-12H,10,18H2,1H3/t12-/m0/s1. The summed E-state index contributed by atoms with van der Waals surface area (Å²) in [7, 11) is 0. The van der Waals surface area contributed by atoms with Crippen molar-refractivity contribution in [3.05, 3.63) is 64.4 Å². The molecule has 1 aromatic heterocycles.